The van der Waals surface area contributed by atoms with E-state index in [0.717, 1.165) is 24.3 Å². The van der Waals surface area contributed by atoms with Crippen LogP contribution in [0.15, 0.2) is 18.3 Å². The number of rotatable bonds is 9. The highest BCUT2D eigenvalue weighted by atomic mass is 16.5. The van der Waals surface area contributed by atoms with Gasteiger partial charge in [-0.05, 0) is 32.4 Å². The Kier molecular flexibility index (Phi) is 7.37. The number of ether oxygens (including phenoxy) is 2. The summed E-state index contributed by atoms with van der Waals surface area (Å²) in [7, 11) is 0. The monoisotopic (exact) mass is 252 g/mol. The number of nitrogens with one attached hydrogen (secondary N) is 1. The fraction of sp³-hybridized carbons (Fsp3) is 0.643. The van der Waals surface area contributed by atoms with Crippen LogP contribution in [-0.4, -0.2) is 30.8 Å². The minimum absolute atomic E-state index is 0.258. The third-order valence-corrected chi connectivity index (χ3v) is 2.32. The minimum Gasteiger partial charge on any atom is -0.385 e. The van der Waals surface area contributed by atoms with Crippen molar-refractivity contribution in [3.8, 4) is 0 Å². The van der Waals surface area contributed by atoms with E-state index in [1.54, 1.807) is 6.20 Å². The molecule has 0 fully saturated rings. The molecule has 0 atom stereocenters. The van der Waals surface area contributed by atoms with Crippen LogP contribution in [0.3, 0.4) is 0 Å². The lowest BCUT2D eigenvalue weighted by molar-refractivity contribution is 0.0135. The predicted octanol–water partition coefficient (Wildman–Crippen LogP) is 2.85. The van der Waals surface area contributed by atoms with E-state index in [2.05, 4.69) is 17.2 Å². The summed E-state index contributed by atoms with van der Waals surface area (Å²) >= 11 is 0. The SMILES string of the molecule is CCCNc1ccnc(COCCOC(C)C)c1. The first-order valence-electron chi connectivity index (χ1n) is 6.60. The van der Waals surface area contributed by atoms with Crippen LogP contribution < -0.4 is 5.32 Å². The first-order valence-corrected chi connectivity index (χ1v) is 6.60. The van der Waals surface area contributed by atoms with Crippen molar-refractivity contribution in [1.82, 2.24) is 4.98 Å². The summed E-state index contributed by atoms with van der Waals surface area (Å²) < 4.78 is 10.9. The van der Waals surface area contributed by atoms with Gasteiger partial charge in [0.25, 0.3) is 0 Å². The van der Waals surface area contributed by atoms with Gasteiger partial charge in [0.2, 0.25) is 0 Å². The fourth-order valence-electron chi connectivity index (χ4n) is 1.46. The second kappa shape index (κ2) is 8.89. The third kappa shape index (κ3) is 6.57. The highest BCUT2D eigenvalue weighted by Gasteiger charge is 1.98. The van der Waals surface area contributed by atoms with E-state index in [1.165, 1.54) is 0 Å². The Bertz CT molecular complexity index is 329. The van der Waals surface area contributed by atoms with E-state index in [1.807, 2.05) is 26.0 Å². The first-order chi connectivity index (χ1) is 8.72. The van der Waals surface area contributed by atoms with Crippen LogP contribution in [0.5, 0.6) is 0 Å². The molecular formula is C14H24N2O2. The summed E-state index contributed by atoms with van der Waals surface area (Å²) in [6.07, 6.45) is 3.18. The molecule has 0 spiro atoms. The number of pyridine rings is 1. The zero-order chi connectivity index (χ0) is 13.2. The summed E-state index contributed by atoms with van der Waals surface area (Å²) in [5.41, 5.74) is 2.05. The summed E-state index contributed by atoms with van der Waals surface area (Å²) in [5.74, 6) is 0. The average molecular weight is 252 g/mol. The molecule has 0 saturated heterocycles. The van der Waals surface area contributed by atoms with E-state index in [4.69, 9.17) is 9.47 Å². The molecule has 0 aliphatic rings. The van der Waals surface area contributed by atoms with Gasteiger partial charge in [0.05, 0.1) is 31.6 Å². The Hall–Kier alpha value is -1.13. The molecule has 0 aliphatic carbocycles. The lowest BCUT2D eigenvalue weighted by Crippen LogP contribution is -2.10. The van der Waals surface area contributed by atoms with Gasteiger partial charge in [-0.3, -0.25) is 4.98 Å². The van der Waals surface area contributed by atoms with Gasteiger partial charge in [-0.1, -0.05) is 6.92 Å². The molecule has 1 aromatic rings. The second-order valence-corrected chi connectivity index (χ2v) is 4.43. The number of nitrogens with zero attached hydrogens (tertiary/aromatic N) is 1. The average Bonchev–Trinajstić information content (AvgIpc) is 2.36. The Morgan fingerprint density at radius 3 is 2.89 bits per heavy atom. The van der Waals surface area contributed by atoms with Crippen molar-refractivity contribution in [1.29, 1.82) is 0 Å². The molecule has 0 bridgehead atoms. The lowest BCUT2D eigenvalue weighted by atomic mass is 10.3. The standard InChI is InChI=1S/C14H24N2O2/c1-4-6-15-13-5-7-16-14(10-13)11-17-8-9-18-12(2)3/h5,7,10,12H,4,6,8-9,11H2,1-3H3,(H,15,16). The van der Waals surface area contributed by atoms with E-state index in [9.17, 15) is 0 Å². The van der Waals surface area contributed by atoms with Gasteiger partial charge in [0.15, 0.2) is 0 Å². The van der Waals surface area contributed by atoms with E-state index in [-0.39, 0.29) is 6.10 Å². The molecule has 4 heteroatoms. The van der Waals surface area contributed by atoms with Crippen LogP contribution >= 0.6 is 0 Å². The molecule has 1 aromatic heterocycles. The lowest BCUT2D eigenvalue weighted by Gasteiger charge is -2.09. The van der Waals surface area contributed by atoms with Gasteiger partial charge in [-0.2, -0.15) is 0 Å². The molecule has 1 N–H and O–H groups in total. The van der Waals surface area contributed by atoms with Crippen LogP contribution in [0, 0.1) is 0 Å². The van der Waals surface area contributed by atoms with Gasteiger partial charge < -0.3 is 14.8 Å². The minimum atomic E-state index is 0.258. The normalized spacial score (nSPS) is 10.9. The Labute approximate surface area is 110 Å². The van der Waals surface area contributed by atoms with Crippen molar-refractivity contribution in [2.24, 2.45) is 0 Å². The zero-order valence-electron chi connectivity index (χ0n) is 11.6. The molecule has 0 unspecified atom stereocenters. The Balaban J connectivity index is 2.24. The smallest absolute Gasteiger partial charge is 0.0889 e. The molecule has 18 heavy (non-hydrogen) atoms. The van der Waals surface area contributed by atoms with Crippen LogP contribution in [0.1, 0.15) is 32.9 Å². The molecule has 1 heterocycles. The summed E-state index contributed by atoms with van der Waals surface area (Å²) in [4.78, 5) is 4.27. The number of hydrogen-bond acceptors (Lipinski definition) is 4. The highest BCUT2D eigenvalue weighted by molar-refractivity contribution is 5.42. The van der Waals surface area contributed by atoms with Gasteiger partial charge in [0, 0.05) is 18.4 Å². The Morgan fingerprint density at radius 1 is 1.33 bits per heavy atom. The van der Waals surface area contributed by atoms with Crippen LogP contribution in [0.2, 0.25) is 0 Å². The summed E-state index contributed by atoms with van der Waals surface area (Å²) in [6, 6.07) is 4.00. The number of aromatic nitrogens is 1. The summed E-state index contributed by atoms with van der Waals surface area (Å²) in [5, 5.41) is 3.33. The third-order valence-electron chi connectivity index (χ3n) is 2.32. The first kappa shape index (κ1) is 14.9. The number of anilines is 1. The van der Waals surface area contributed by atoms with Gasteiger partial charge in [-0.25, -0.2) is 0 Å². The largest absolute Gasteiger partial charge is 0.385 e. The topological polar surface area (TPSA) is 43.4 Å². The van der Waals surface area contributed by atoms with E-state index in [0.29, 0.717) is 19.8 Å². The van der Waals surface area contributed by atoms with Crippen molar-refractivity contribution in [3.05, 3.63) is 24.0 Å². The molecule has 0 amide bonds. The Morgan fingerprint density at radius 2 is 2.17 bits per heavy atom. The molecule has 0 saturated carbocycles. The molecule has 0 radical (unpaired) electrons. The van der Waals surface area contributed by atoms with Crippen molar-refractivity contribution >= 4 is 5.69 Å². The highest BCUT2D eigenvalue weighted by Crippen LogP contribution is 2.08. The molecule has 1 rings (SSSR count). The van der Waals surface area contributed by atoms with Crippen LogP contribution in [0.25, 0.3) is 0 Å². The van der Waals surface area contributed by atoms with Crippen molar-refractivity contribution in [2.45, 2.75) is 39.9 Å². The fourth-order valence-corrected chi connectivity index (χ4v) is 1.46. The molecule has 0 aliphatic heterocycles. The van der Waals surface area contributed by atoms with Gasteiger partial charge in [0.1, 0.15) is 0 Å². The maximum atomic E-state index is 5.51. The predicted molar refractivity (Wildman–Crippen MR) is 73.8 cm³/mol. The summed E-state index contributed by atoms with van der Waals surface area (Å²) in [6.45, 7) is 8.93. The quantitative estimate of drug-likeness (QED) is 0.686. The van der Waals surface area contributed by atoms with Crippen molar-refractivity contribution in [3.63, 3.8) is 0 Å². The molecular weight excluding hydrogens is 228 g/mol. The van der Waals surface area contributed by atoms with E-state index < -0.39 is 0 Å². The van der Waals surface area contributed by atoms with Crippen LogP contribution in [-0.2, 0) is 16.1 Å². The van der Waals surface area contributed by atoms with E-state index >= 15 is 0 Å². The van der Waals surface area contributed by atoms with Gasteiger partial charge in [-0.15, -0.1) is 0 Å². The van der Waals surface area contributed by atoms with Crippen LogP contribution in [0.4, 0.5) is 5.69 Å². The molecule has 4 nitrogen and oxygen atoms in total. The van der Waals surface area contributed by atoms with Crippen molar-refractivity contribution in [2.75, 3.05) is 25.1 Å². The maximum Gasteiger partial charge on any atom is 0.0889 e. The zero-order valence-corrected chi connectivity index (χ0v) is 11.6. The molecule has 102 valence electrons. The second-order valence-electron chi connectivity index (χ2n) is 4.43. The van der Waals surface area contributed by atoms with Crippen molar-refractivity contribution < 1.29 is 9.47 Å². The maximum absolute atomic E-state index is 5.51. The molecule has 0 aromatic carbocycles. The van der Waals surface area contributed by atoms with Gasteiger partial charge >= 0.3 is 0 Å². The number of hydrogen-bond donors (Lipinski definition) is 1.